The summed E-state index contributed by atoms with van der Waals surface area (Å²) in [6, 6.07) is 16.5. The van der Waals surface area contributed by atoms with Gasteiger partial charge in [0, 0.05) is 54.3 Å². The van der Waals surface area contributed by atoms with E-state index in [2.05, 4.69) is 20.4 Å². The minimum absolute atomic E-state index is 0.00579. The quantitative estimate of drug-likeness (QED) is 0.382. The lowest BCUT2D eigenvalue weighted by Gasteiger charge is -2.33. The highest BCUT2D eigenvalue weighted by molar-refractivity contribution is 7.89. The molecule has 1 saturated carbocycles. The van der Waals surface area contributed by atoms with Crippen molar-refractivity contribution >= 4 is 38.5 Å². The first-order valence-corrected chi connectivity index (χ1v) is 14.0. The summed E-state index contributed by atoms with van der Waals surface area (Å²) < 4.78 is 33.7. The summed E-state index contributed by atoms with van der Waals surface area (Å²) in [5.41, 5.74) is 1.98. The number of aromatic amines is 1. The fourth-order valence-electron chi connectivity index (χ4n) is 5.48. The van der Waals surface area contributed by atoms with Crippen LogP contribution in [0.2, 0.25) is 0 Å². The number of piperazine rings is 1. The molecule has 190 valence electrons. The van der Waals surface area contributed by atoms with E-state index in [1.807, 2.05) is 30.3 Å². The number of rotatable bonds is 7. The van der Waals surface area contributed by atoms with Gasteiger partial charge in [-0.1, -0.05) is 18.2 Å². The van der Waals surface area contributed by atoms with Gasteiger partial charge in [-0.05, 0) is 43.5 Å². The molecule has 0 amide bonds. The Morgan fingerprint density at radius 3 is 2.68 bits per heavy atom. The lowest BCUT2D eigenvalue weighted by molar-refractivity contribution is 0.366. The van der Waals surface area contributed by atoms with Crippen LogP contribution in [0.1, 0.15) is 30.9 Å². The third-order valence-corrected chi connectivity index (χ3v) is 9.46. The fourth-order valence-corrected chi connectivity index (χ4v) is 7.18. The molecule has 7 rings (SSSR count). The zero-order valence-corrected chi connectivity index (χ0v) is 21.1. The highest BCUT2D eigenvalue weighted by Crippen LogP contribution is 2.40. The summed E-state index contributed by atoms with van der Waals surface area (Å²) in [6.07, 6.45) is 3.14. The van der Waals surface area contributed by atoms with Gasteiger partial charge in [0.25, 0.3) is 0 Å². The maximum absolute atomic E-state index is 13.4. The van der Waals surface area contributed by atoms with E-state index in [0.29, 0.717) is 36.5 Å². The Hall–Kier alpha value is -3.70. The number of nitrogens with one attached hydrogen (secondary N) is 2. The molecule has 11 heteroatoms. The summed E-state index contributed by atoms with van der Waals surface area (Å²) in [6.45, 7) is 0.938. The number of ether oxygens (including phenoxy) is 1. The van der Waals surface area contributed by atoms with Crippen molar-refractivity contribution in [1.82, 2.24) is 24.5 Å². The molecular weight excluding hydrogens is 490 g/mol. The summed E-state index contributed by atoms with van der Waals surface area (Å²) in [5.74, 6) is 3.13. The molecule has 10 nitrogen and oxygen atoms in total. The van der Waals surface area contributed by atoms with Gasteiger partial charge in [0.2, 0.25) is 16.0 Å². The molecule has 2 aromatic heterocycles. The molecule has 0 radical (unpaired) electrons. The van der Waals surface area contributed by atoms with Crippen molar-refractivity contribution in [2.75, 3.05) is 30.4 Å². The van der Waals surface area contributed by atoms with E-state index in [1.54, 1.807) is 28.6 Å². The lowest BCUT2D eigenvalue weighted by Crippen LogP contribution is -2.49. The predicted octanol–water partition coefficient (Wildman–Crippen LogP) is 3.63. The van der Waals surface area contributed by atoms with E-state index in [0.717, 1.165) is 28.8 Å². The van der Waals surface area contributed by atoms with Gasteiger partial charge in [-0.25, -0.2) is 13.4 Å². The van der Waals surface area contributed by atoms with Crippen LogP contribution in [0, 0.1) is 0 Å². The van der Waals surface area contributed by atoms with Crippen LogP contribution in [0.25, 0.3) is 10.9 Å². The van der Waals surface area contributed by atoms with Gasteiger partial charge >= 0.3 is 0 Å². The van der Waals surface area contributed by atoms with Crippen LogP contribution < -0.4 is 15.0 Å². The second kappa shape index (κ2) is 8.42. The Balaban J connectivity index is 1.17. The van der Waals surface area contributed by atoms with Crippen LogP contribution in [0.15, 0.2) is 59.5 Å². The monoisotopic (exact) mass is 517 g/mol. The maximum Gasteiger partial charge on any atom is 0.243 e. The Labute approximate surface area is 214 Å². The minimum Gasteiger partial charge on any atom is -0.497 e. The maximum atomic E-state index is 13.4. The first kappa shape index (κ1) is 22.5. The van der Waals surface area contributed by atoms with Crippen molar-refractivity contribution in [1.29, 1.82) is 0 Å². The molecule has 2 atom stereocenters. The number of sulfonamides is 1. The van der Waals surface area contributed by atoms with E-state index < -0.39 is 10.0 Å². The highest BCUT2D eigenvalue weighted by atomic mass is 32.2. The fraction of sp³-hybridized carbons (Fsp3) is 0.346. The molecule has 37 heavy (non-hydrogen) atoms. The number of aromatic nitrogens is 4. The van der Waals surface area contributed by atoms with Gasteiger partial charge in [-0.15, -0.1) is 0 Å². The molecule has 1 aliphatic carbocycles. The Bertz CT molecular complexity index is 1600. The number of para-hydroxylation sites is 1. The standard InChI is InChI=1S/C26H27N7O3S/c1-36-19-5-4-6-20(12-19)37(34,35)33-15-17-11-18(33)14-32(17)26-27-22-8-3-2-7-21(22)25(29-26)28-24-13-23(30-31-24)16-9-10-16/h2-8,12-13,16-18H,9-11,14-15H2,1H3,(H2,27,28,29,30,31). The van der Waals surface area contributed by atoms with E-state index in [9.17, 15) is 8.42 Å². The zero-order chi connectivity index (χ0) is 25.1. The molecule has 0 spiro atoms. The summed E-state index contributed by atoms with van der Waals surface area (Å²) in [7, 11) is -2.10. The molecule has 3 aliphatic rings. The molecule has 2 unspecified atom stereocenters. The number of fused-ring (bicyclic) bond motifs is 3. The van der Waals surface area contributed by atoms with Crippen LogP contribution in [-0.2, 0) is 10.0 Å². The van der Waals surface area contributed by atoms with Crippen molar-refractivity contribution in [3.63, 3.8) is 0 Å². The molecule has 2 aliphatic heterocycles. The number of nitrogens with zero attached hydrogens (tertiary/aromatic N) is 5. The van der Waals surface area contributed by atoms with Gasteiger partial charge in [-0.3, -0.25) is 5.10 Å². The molecule has 2 saturated heterocycles. The van der Waals surface area contributed by atoms with Gasteiger partial charge < -0.3 is 15.0 Å². The Kier molecular flexibility index (Phi) is 5.12. The first-order chi connectivity index (χ1) is 18.0. The average Bonchev–Trinajstić information content (AvgIpc) is 3.32. The number of hydrogen-bond donors (Lipinski definition) is 2. The van der Waals surface area contributed by atoms with E-state index in [-0.39, 0.29) is 17.0 Å². The van der Waals surface area contributed by atoms with Crippen molar-refractivity contribution < 1.29 is 13.2 Å². The smallest absolute Gasteiger partial charge is 0.243 e. The van der Waals surface area contributed by atoms with Crippen LogP contribution in [0.5, 0.6) is 5.75 Å². The molecule has 2 aromatic carbocycles. The number of anilines is 3. The van der Waals surface area contributed by atoms with Crippen molar-refractivity contribution in [2.24, 2.45) is 0 Å². The average molecular weight is 518 g/mol. The van der Waals surface area contributed by atoms with E-state index in [4.69, 9.17) is 14.7 Å². The molecule has 3 fully saturated rings. The molecular formula is C26H27N7O3S. The number of methoxy groups -OCH3 is 1. The molecule has 4 heterocycles. The van der Waals surface area contributed by atoms with Crippen molar-refractivity contribution in [3.8, 4) is 5.75 Å². The minimum atomic E-state index is -3.63. The van der Waals surface area contributed by atoms with Gasteiger partial charge in [-0.2, -0.15) is 14.4 Å². The van der Waals surface area contributed by atoms with E-state index >= 15 is 0 Å². The van der Waals surface area contributed by atoms with Crippen molar-refractivity contribution in [2.45, 2.75) is 42.2 Å². The first-order valence-electron chi connectivity index (χ1n) is 12.5. The highest BCUT2D eigenvalue weighted by Gasteiger charge is 2.49. The van der Waals surface area contributed by atoms with Gasteiger partial charge in [0.05, 0.1) is 17.5 Å². The lowest BCUT2D eigenvalue weighted by atomic mass is 10.2. The van der Waals surface area contributed by atoms with Crippen molar-refractivity contribution in [3.05, 3.63) is 60.3 Å². The van der Waals surface area contributed by atoms with Crippen LogP contribution in [0.4, 0.5) is 17.6 Å². The number of H-pyrrole nitrogens is 1. The second-order valence-corrected chi connectivity index (χ2v) is 11.8. The third-order valence-electron chi connectivity index (χ3n) is 7.55. The number of benzene rings is 2. The molecule has 4 aromatic rings. The molecule has 2 N–H and O–H groups in total. The van der Waals surface area contributed by atoms with Gasteiger partial charge in [0.1, 0.15) is 11.6 Å². The van der Waals surface area contributed by atoms with Gasteiger partial charge in [0.15, 0.2) is 5.82 Å². The summed E-state index contributed by atoms with van der Waals surface area (Å²) >= 11 is 0. The molecule has 2 bridgehead atoms. The largest absolute Gasteiger partial charge is 0.497 e. The summed E-state index contributed by atoms with van der Waals surface area (Å²) in [5, 5.41) is 11.9. The van der Waals surface area contributed by atoms with Crippen LogP contribution in [-0.4, -0.2) is 65.2 Å². The summed E-state index contributed by atoms with van der Waals surface area (Å²) in [4.78, 5) is 12.1. The Morgan fingerprint density at radius 2 is 1.89 bits per heavy atom. The normalized spacial score (nSPS) is 21.6. The van der Waals surface area contributed by atoms with E-state index in [1.165, 1.54) is 20.0 Å². The predicted molar refractivity (Wildman–Crippen MR) is 140 cm³/mol. The van der Waals surface area contributed by atoms with Crippen LogP contribution >= 0.6 is 0 Å². The topological polar surface area (TPSA) is 116 Å². The zero-order valence-electron chi connectivity index (χ0n) is 20.3. The second-order valence-electron chi connectivity index (χ2n) is 9.95. The Morgan fingerprint density at radius 1 is 1.03 bits per heavy atom. The van der Waals surface area contributed by atoms with Crippen LogP contribution in [0.3, 0.4) is 0 Å². The third kappa shape index (κ3) is 3.89. The number of hydrogen-bond acceptors (Lipinski definition) is 8. The SMILES string of the molecule is COc1cccc(S(=O)(=O)N2CC3CC2CN3c2nc(Nc3cc(C4CC4)[nH]n3)c3ccccc3n2)c1.